The molecule has 15 heteroatoms. The lowest BCUT2D eigenvalue weighted by Crippen LogP contribution is -2.30. The zero-order chi connectivity index (χ0) is 26.3. The van der Waals surface area contributed by atoms with E-state index in [1.807, 2.05) is 6.07 Å². The molecule has 10 nitrogen and oxygen atoms in total. The van der Waals surface area contributed by atoms with Crippen molar-refractivity contribution in [1.82, 2.24) is 30.2 Å². The Kier molecular flexibility index (Phi) is 6.35. The van der Waals surface area contributed by atoms with Crippen LogP contribution >= 0.6 is 23.2 Å². The third-order valence-corrected chi connectivity index (χ3v) is 5.73. The quantitative estimate of drug-likeness (QED) is 0.224. The molecule has 3 aromatic heterocycles. The van der Waals surface area contributed by atoms with Crippen LogP contribution in [0.25, 0.3) is 22.1 Å². The Bertz CT molecular complexity index is 1640. The molecule has 0 fully saturated rings. The van der Waals surface area contributed by atoms with Gasteiger partial charge in [-0.15, -0.1) is 5.10 Å². The summed E-state index contributed by atoms with van der Waals surface area (Å²) in [6.07, 6.45) is -5.31. The molecule has 0 aliphatic rings. The number of halogens is 5. The molecule has 0 spiro atoms. The normalized spacial score (nSPS) is 12.7. The Morgan fingerprint density at radius 2 is 2.00 bits per heavy atom. The number of hydrogen-bond acceptors (Lipinski definition) is 8. The van der Waals surface area contributed by atoms with E-state index >= 15 is 0 Å². The van der Waals surface area contributed by atoms with Gasteiger partial charge < -0.3 is 9.47 Å². The van der Waals surface area contributed by atoms with Crippen LogP contribution in [-0.2, 0) is 16.1 Å². The third-order valence-electron chi connectivity index (χ3n) is 5.22. The van der Waals surface area contributed by atoms with Gasteiger partial charge in [-0.1, -0.05) is 28.4 Å². The molecule has 0 bridgehead atoms. The number of esters is 1. The van der Waals surface area contributed by atoms with Crippen molar-refractivity contribution in [3.05, 3.63) is 70.0 Å². The van der Waals surface area contributed by atoms with Crippen molar-refractivity contribution in [3.63, 3.8) is 0 Å². The zero-order valence-electron chi connectivity index (χ0n) is 18.3. The van der Waals surface area contributed by atoms with E-state index in [1.54, 1.807) is 29.1 Å². The Hall–Kier alpha value is -3.94. The Morgan fingerprint density at radius 1 is 1.19 bits per heavy atom. The number of pyridine rings is 1. The summed E-state index contributed by atoms with van der Waals surface area (Å²) in [5.74, 6) is -2.25. The fourth-order valence-corrected chi connectivity index (χ4v) is 3.97. The van der Waals surface area contributed by atoms with E-state index in [1.165, 1.54) is 18.2 Å². The highest BCUT2D eigenvalue weighted by atomic mass is 35.5. The predicted molar refractivity (Wildman–Crippen MR) is 126 cm³/mol. The summed E-state index contributed by atoms with van der Waals surface area (Å²) in [7, 11) is 0. The number of aromatic amines is 1. The lowest BCUT2D eigenvalue weighted by atomic mass is 10.2. The van der Waals surface area contributed by atoms with Crippen LogP contribution in [0.2, 0.25) is 10.0 Å². The van der Waals surface area contributed by atoms with E-state index in [4.69, 9.17) is 33.7 Å². The predicted octanol–water partition coefficient (Wildman–Crippen LogP) is 4.91. The lowest BCUT2D eigenvalue weighted by Gasteiger charge is -2.16. The molecule has 3 N–H and O–H groups in total. The van der Waals surface area contributed by atoms with Crippen molar-refractivity contribution in [1.29, 1.82) is 0 Å². The summed E-state index contributed by atoms with van der Waals surface area (Å²) >= 11 is 12.5. The monoisotopic (exact) mass is 551 g/mol. The van der Waals surface area contributed by atoms with Gasteiger partial charge in [0.1, 0.15) is 5.75 Å². The number of nitrogens with zero attached hydrogens (tertiary/aromatic N) is 5. The maximum absolute atomic E-state index is 12.5. The first-order chi connectivity index (χ1) is 17.6. The van der Waals surface area contributed by atoms with Gasteiger partial charge >= 0.3 is 12.1 Å². The Labute approximate surface area is 215 Å². The first-order valence-corrected chi connectivity index (χ1v) is 11.2. The maximum atomic E-state index is 12.5. The van der Waals surface area contributed by atoms with E-state index in [-0.39, 0.29) is 33.7 Å². The van der Waals surface area contributed by atoms with Crippen molar-refractivity contribution in [2.75, 3.05) is 0 Å². The van der Waals surface area contributed by atoms with Gasteiger partial charge in [0.15, 0.2) is 23.1 Å². The minimum absolute atomic E-state index is 0.0360. The molecule has 1 atom stereocenters. The molecule has 5 aromatic rings. The maximum Gasteiger partial charge on any atom is 0.490 e. The zero-order valence-corrected chi connectivity index (χ0v) is 19.8. The van der Waals surface area contributed by atoms with Crippen molar-refractivity contribution in [3.8, 4) is 11.5 Å². The molecule has 0 amide bonds. The van der Waals surface area contributed by atoms with Crippen molar-refractivity contribution >= 4 is 51.2 Å². The van der Waals surface area contributed by atoms with Crippen LogP contribution in [0, 0.1) is 0 Å². The number of nitrogens with one attached hydrogen (secondary N) is 1. The van der Waals surface area contributed by atoms with E-state index in [0.29, 0.717) is 22.4 Å². The Morgan fingerprint density at radius 3 is 2.78 bits per heavy atom. The minimum atomic E-state index is -5.21. The number of aromatic nitrogens is 6. The molecular formula is C22H14Cl2F3N7O3. The molecule has 0 saturated heterocycles. The number of ether oxygens (including phenoxy) is 2. The second kappa shape index (κ2) is 9.50. The highest BCUT2D eigenvalue weighted by Crippen LogP contribution is 2.37. The summed E-state index contributed by atoms with van der Waals surface area (Å²) in [6.45, 7) is 0.268. The molecule has 37 heavy (non-hydrogen) atoms. The van der Waals surface area contributed by atoms with Crippen LogP contribution in [0.4, 0.5) is 13.2 Å². The van der Waals surface area contributed by atoms with E-state index in [0.717, 1.165) is 5.39 Å². The molecule has 3 heterocycles. The van der Waals surface area contributed by atoms with Crippen LogP contribution in [0.3, 0.4) is 0 Å². The van der Waals surface area contributed by atoms with Gasteiger partial charge in [-0.25, -0.2) is 14.5 Å². The standard InChI is InChI=1S/C22H14Cl2F3N7O3/c23-11-6-10(19(28)37-21(35)22(25,26)27)7-12(8-11)36-18-14(24)3-4-16-17(18)31-33-34(16)9-15-13-2-1-5-29-20(13)32-30-15/h1-8,19H,9,28H2,(H,29,30,32). The lowest BCUT2D eigenvalue weighted by molar-refractivity contribution is -0.205. The molecule has 1 unspecified atom stereocenters. The molecule has 2 aromatic carbocycles. The molecule has 5 rings (SSSR count). The van der Waals surface area contributed by atoms with Crippen molar-refractivity contribution in [2.45, 2.75) is 18.9 Å². The van der Waals surface area contributed by atoms with Crippen LogP contribution < -0.4 is 10.5 Å². The SMILES string of the molecule is NC(OC(=O)C(F)(F)F)c1cc(Cl)cc(Oc2c(Cl)ccc3c2nnn3Cc2n[nH]c3ncccc23)c1. The van der Waals surface area contributed by atoms with Gasteiger partial charge in [-0.3, -0.25) is 10.8 Å². The van der Waals surface area contributed by atoms with E-state index < -0.39 is 18.4 Å². The van der Waals surface area contributed by atoms with Gasteiger partial charge in [0.25, 0.3) is 0 Å². The molecule has 0 saturated carbocycles. The minimum Gasteiger partial charge on any atom is -0.453 e. The highest BCUT2D eigenvalue weighted by Gasteiger charge is 2.42. The Balaban J connectivity index is 1.45. The fraction of sp³-hybridized carbons (Fsp3) is 0.136. The number of H-pyrrole nitrogens is 1. The number of benzene rings is 2. The summed E-state index contributed by atoms with van der Waals surface area (Å²) in [4.78, 5) is 15.4. The van der Waals surface area contributed by atoms with Crippen molar-refractivity contribution < 1.29 is 27.4 Å². The van der Waals surface area contributed by atoms with Gasteiger partial charge in [-0.05, 0) is 42.5 Å². The summed E-state index contributed by atoms with van der Waals surface area (Å²) < 4.78 is 49.4. The van der Waals surface area contributed by atoms with Gasteiger partial charge in [0.2, 0.25) is 0 Å². The van der Waals surface area contributed by atoms with E-state index in [2.05, 4.69) is 30.2 Å². The first kappa shape index (κ1) is 24.7. The molecular weight excluding hydrogens is 538 g/mol. The molecule has 0 aliphatic carbocycles. The number of carbonyl (C=O) groups excluding carboxylic acids is 1. The molecule has 0 aliphatic heterocycles. The van der Waals surface area contributed by atoms with Gasteiger partial charge in [0, 0.05) is 22.2 Å². The highest BCUT2D eigenvalue weighted by molar-refractivity contribution is 6.33. The van der Waals surface area contributed by atoms with Crippen molar-refractivity contribution in [2.24, 2.45) is 5.73 Å². The number of rotatable bonds is 6. The van der Waals surface area contributed by atoms with Crippen LogP contribution in [-0.4, -0.2) is 42.3 Å². The third kappa shape index (κ3) is 5.01. The number of carbonyl (C=O) groups is 1. The van der Waals surface area contributed by atoms with Gasteiger partial charge in [0.05, 0.1) is 22.8 Å². The average molecular weight is 552 g/mol. The fourth-order valence-electron chi connectivity index (χ4n) is 3.55. The number of nitrogens with two attached hydrogens (primary N) is 1. The number of fused-ring (bicyclic) bond motifs is 2. The number of hydrogen-bond donors (Lipinski definition) is 2. The second-order valence-corrected chi connectivity index (χ2v) is 8.55. The molecule has 0 radical (unpaired) electrons. The second-order valence-electron chi connectivity index (χ2n) is 7.71. The largest absolute Gasteiger partial charge is 0.490 e. The summed E-state index contributed by atoms with van der Waals surface area (Å²) in [5.41, 5.74) is 7.78. The summed E-state index contributed by atoms with van der Waals surface area (Å²) in [5, 5.41) is 16.6. The average Bonchev–Trinajstić information content (AvgIpc) is 3.44. The smallest absolute Gasteiger partial charge is 0.453 e. The first-order valence-electron chi connectivity index (χ1n) is 10.4. The van der Waals surface area contributed by atoms with Crippen LogP contribution in [0.15, 0.2) is 48.7 Å². The van der Waals surface area contributed by atoms with E-state index in [9.17, 15) is 18.0 Å². The van der Waals surface area contributed by atoms with Gasteiger partial charge in [-0.2, -0.15) is 18.3 Å². The summed E-state index contributed by atoms with van der Waals surface area (Å²) in [6, 6.07) is 10.8. The van der Waals surface area contributed by atoms with Crippen LogP contribution in [0.5, 0.6) is 11.5 Å². The molecule has 190 valence electrons. The van der Waals surface area contributed by atoms with Crippen LogP contribution in [0.1, 0.15) is 17.5 Å². The topological polar surface area (TPSA) is 134 Å². The number of alkyl halides is 3.